The number of nitriles is 1. The second kappa shape index (κ2) is 11.9. The fraction of sp³-hybridized carbons (Fsp3) is 0.148. The SMILES string of the molecule is COc1ccc(NC(=O)/C(C#N)=C\c2ccc(OCC(=O)Nc3cc(C)ccc3C)c(Br)c2)cc1. The van der Waals surface area contributed by atoms with Crippen LogP contribution < -0.4 is 20.1 Å². The summed E-state index contributed by atoms with van der Waals surface area (Å²) >= 11 is 3.42. The summed E-state index contributed by atoms with van der Waals surface area (Å²) in [6.07, 6.45) is 1.47. The van der Waals surface area contributed by atoms with Crippen molar-refractivity contribution in [2.24, 2.45) is 0 Å². The first-order valence-electron chi connectivity index (χ1n) is 10.7. The number of nitrogens with zero attached hydrogens (tertiary/aromatic N) is 1. The summed E-state index contributed by atoms with van der Waals surface area (Å²) in [6, 6.07) is 19.6. The predicted octanol–water partition coefficient (Wildman–Crippen LogP) is 5.64. The van der Waals surface area contributed by atoms with Gasteiger partial charge in [-0.2, -0.15) is 5.26 Å². The molecule has 0 saturated heterocycles. The van der Waals surface area contributed by atoms with Gasteiger partial charge in [-0.3, -0.25) is 9.59 Å². The Labute approximate surface area is 212 Å². The van der Waals surface area contributed by atoms with Crippen LogP contribution >= 0.6 is 15.9 Å². The molecule has 2 amide bonds. The van der Waals surface area contributed by atoms with Crippen molar-refractivity contribution in [3.63, 3.8) is 0 Å². The molecule has 3 aromatic carbocycles. The average molecular weight is 534 g/mol. The standard InChI is InChI=1S/C27H24BrN3O4/c1-17-4-5-18(2)24(12-17)31-26(32)16-35-25-11-6-19(14-23(25)28)13-20(15-29)27(33)30-21-7-9-22(34-3)10-8-21/h4-14H,16H2,1-3H3,(H,30,33)(H,31,32)/b20-13-. The lowest BCUT2D eigenvalue weighted by Crippen LogP contribution is -2.20. The zero-order valence-corrected chi connectivity index (χ0v) is 21.1. The first kappa shape index (κ1) is 25.5. The van der Waals surface area contributed by atoms with Crippen LogP contribution in [-0.2, 0) is 9.59 Å². The molecule has 3 rings (SSSR count). The molecule has 0 radical (unpaired) electrons. The van der Waals surface area contributed by atoms with E-state index in [4.69, 9.17) is 9.47 Å². The van der Waals surface area contributed by atoms with E-state index in [-0.39, 0.29) is 18.1 Å². The van der Waals surface area contributed by atoms with Gasteiger partial charge in [-0.15, -0.1) is 0 Å². The van der Waals surface area contributed by atoms with Gasteiger partial charge in [0.05, 0.1) is 11.6 Å². The number of rotatable bonds is 8. The average Bonchev–Trinajstić information content (AvgIpc) is 2.84. The summed E-state index contributed by atoms with van der Waals surface area (Å²) < 4.78 is 11.3. The minimum Gasteiger partial charge on any atom is -0.497 e. The van der Waals surface area contributed by atoms with Crippen molar-refractivity contribution in [2.75, 3.05) is 24.4 Å². The van der Waals surface area contributed by atoms with E-state index >= 15 is 0 Å². The van der Waals surface area contributed by atoms with Crippen LogP contribution in [0.1, 0.15) is 16.7 Å². The van der Waals surface area contributed by atoms with Crippen LogP contribution in [0.4, 0.5) is 11.4 Å². The normalized spacial score (nSPS) is 10.8. The molecule has 2 N–H and O–H groups in total. The van der Waals surface area contributed by atoms with Gasteiger partial charge in [0.1, 0.15) is 23.1 Å². The monoisotopic (exact) mass is 533 g/mol. The smallest absolute Gasteiger partial charge is 0.266 e. The van der Waals surface area contributed by atoms with Gasteiger partial charge < -0.3 is 20.1 Å². The van der Waals surface area contributed by atoms with E-state index in [9.17, 15) is 14.9 Å². The van der Waals surface area contributed by atoms with Gasteiger partial charge in [0, 0.05) is 11.4 Å². The fourth-order valence-electron chi connectivity index (χ4n) is 3.11. The maximum atomic E-state index is 12.5. The van der Waals surface area contributed by atoms with E-state index in [2.05, 4.69) is 26.6 Å². The van der Waals surface area contributed by atoms with Crippen molar-refractivity contribution >= 4 is 45.2 Å². The number of carbonyl (C=O) groups is 2. The Balaban J connectivity index is 1.63. The zero-order valence-electron chi connectivity index (χ0n) is 19.5. The molecule has 8 heteroatoms. The molecule has 0 bridgehead atoms. The number of aryl methyl sites for hydroxylation is 2. The number of ether oxygens (including phenoxy) is 2. The molecule has 178 valence electrons. The Kier molecular flexibility index (Phi) is 8.65. The Morgan fingerprint density at radius 1 is 1.03 bits per heavy atom. The zero-order chi connectivity index (χ0) is 25.4. The first-order valence-corrected chi connectivity index (χ1v) is 11.4. The third-order valence-corrected chi connectivity index (χ3v) is 5.63. The van der Waals surface area contributed by atoms with Gasteiger partial charge in [0.2, 0.25) is 0 Å². The summed E-state index contributed by atoms with van der Waals surface area (Å²) in [4.78, 5) is 24.8. The van der Waals surface area contributed by atoms with Crippen molar-refractivity contribution in [1.29, 1.82) is 5.26 Å². The number of halogens is 1. The van der Waals surface area contributed by atoms with Crippen molar-refractivity contribution in [2.45, 2.75) is 13.8 Å². The van der Waals surface area contributed by atoms with Gasteiger partial charge in [-0.25, -0.2) is 0 Å². The highest BCUT2D eigenvalue weighted by Crippen LogP contribution is 2.27. The van der Waals surface area contributed by atoms with E-state index in [1.807, 2.05) is 38.1 Å². The van der Waals surface area contributed by atoms with Gasteiger partial charge in [-0.05, 0) is 95.0 Å². The summed E-state index contributed by atoms with van der Waals surface area (Å²) in [5.74, 6) is 0.308. The molecule has 7 nitrogen and oxygen atoms in total. The molecule has 3 aromatic rings. The van der Waals surface area contributed by atoms with Crippen LogP contribution in [0.15, 0.2) is 70.7 Å². The predicted molar refractivity (Wildman–Crippen MR) is 139 cm³/mol. The molecule has 0 saturated carbocycles. The van der Waals surface area contributed by atoms with Crippen molar-refractivity contribution in [3.05, 3.63) is 87.4 Å². The number of nitrogens with one attached hydrogen (secondary N) is 2. The Bertz CT molecular complexity index is 1310. The molecule has 0 aromatic heterocycles. The minimum atomic E-state index is -0.530. The Morgan fingerprint density at radius 3 is 2.43 bits per heavy atom. The van der Waals surface area contributed by atoms with Gasteiger partial charge in [-0.1, -0.05) is 18.2 Å². The third-order valence-electron chi connectivity index (χ3n) is 5.01. The molecule has 0 unspecified atom stereocenters. The molecule has 0 spiro atoms. The van der Waals surface area contributed by atoms with Crippen molar-refractivity contribution in [3.8, 4) is 17.6 Å². The lowest BCUT2D eigenvalue weighted by Gasteiger charge is -2.11. The van der Waals surface area contributed by atoms with E-state index in [1.165, 1.54) is 6.08 Å². The van der Waals surface area contributed by atoms with Crippen LogP contribution in [0, 0.1) is 25.2 Å². The molecular formula is C27H24BrN3O4. The van der Waals surface area contributed by atoms with Crippen LogP contribution in [0.25, 0.3) is 6.08 Å². The van der Waals surface area contributed by atoms with Crippen molar-refractivity contribution in [1.82, 2.24) is 0 Å². The van der Waals surface area contributed by atoms with E-state index < -0.39 is 5.91 Å². The molecule has 35 heavy (non-hydrogen) atoms. The van der Waals surface area contributed by atoms with E-state index in [0.29, 0.717) is 27.2 Å². The largest absolute Gasteiger partial charge is 0.497 e. The minimum absolute atomic E-state index is 0.0608. The number of anilines is 2. The third kappa shape index (κ3) is 7.19. The number of benzene rings is 3. The maximum Gasteiger partial charge on any atom is 0.266 e. The van der Waals surface area contributed by atoms with Gasteiger partial charge >= 0.3 is 0 Å². The highest BCUT2D eigenvalue weighted by Gasteiger charge is 2.12. The number of carbonyl (C=O) groups excluding carboxylic acids is 2. The lowest BCUT2D eigenvalue weighted by atomic mass is 10.1. The van der Waals surface area contributed by atoms with Gasteiger partial charge in [0.15, 0.2) is 6.61 Å². The second-order valence-electron chi connectivity index (χ2n) is 7.70. The number of amides is 2. The highest BCUT2D eigenvalue weighted by atomic mass is 79.9. The van der Waals surface area contributed by atoms with Crippen LogP contribution in [0.5, 0.6) is 11.5 Å². The summed E-state index contributed by atoms with van der Waals surface area (Å²) in [7, 11) is 1.56. The summed E-state index contributed by atoms with van der Waals surface area (Å²) in [5, 5.41) is 15.0. The molecule has 0 atom stereocenters. The second-order valence-corrected chi connectivity index (χ2v) is 8.55. The summed E-state index contributed by atoms with van der Waals surface area (Å²) in [5.41, 5.74) is 3.86. The quantitative estimate of drug-likeness (QED) is 0.288. The number of hydrogen-bond donors (Lipinski definition) is 2. The van der Waals surface area contributed by atoms with Gasteiger partial charge in [0.25, 0.3) is 11.8 Å². The molecule has 0 aliphatic carbocycles. The number of methoxy groups -OCH3 is 1. The molecule has 0 aliphatic rings. The van der Waals surface area contributed by atoms with E-state index in [0.717, 1.165) is 16.8 Å². The lowest BCUT2D eigenvalue weighted by molar-refractivity contribution is -0.118. The van der Waals surface area contributed by atoms with Crippen LogP contribution in [-0.4, -0.2) is 25.5 Å². The fourth-order valence-corrected chi connectivity index (χ4v) is 3.62. The molecule has 0 heterocycles. The first-order chi connectivity index (χ1) is 16.8. The highest BCUT2D eigenvalue weighted by molar-refractivity contribution is 9.10. The molecule has 0 fully saturated rings. The van der Waals surface area contributed by atoms with E-state index in [1.54, 1.807) is 49.6 Å². The Hall–Kier alpha value is -4.09. The maximum absolute atomic E-state index is 12.5. The van der Waals surface area contributed by atoms with Crippen molar-refractivity contribution < 1.29 is 19.1 Å². The Morgan fingerprint density at radius 2 is 1.77 bits per heavy atom. The topological polar surface area (TPSA) is 100 Å². The number of hydrogen-bond acceptors (Lipinski definition) is 5. The van der Waals surface area contributed by atoms with Crippen LogP contribution in [0.2, 0.25) is 0 Å². The molecule has 0 aliphatic heterocycles. The molecular weight excluding hydrogens is 510 g/mol. The summed E-state index contributed by atoms with van der Waals surface area (Å²) in [6.45, 7) is 3.71. The van der Waals surface area contributed by atoms with Crippen LogP contribution in [0.3, 0.4) is 0 Å².